The van der Waals surface area contributed by atoms with Gasteiger partial charge in [-0.2, -0.15) is 0 Å². The van der Waals surface area contributed by atoms with Gasteiger partial charge in [0.1, 0.15) is 11.5 Å². The lowest BCUT2D eigenvalue weighted by atomic mass is 9.94. The van der Waals surface area contributed by atoms with Crippen LogP contribution >= 0.6 is 0 Å². The minimum absolute atomic E-state index is 0.0453. The molecule has 1 saturated heterocycles. The maximum Gasteiger partial charge on any atom is 0.273 e. The summed E-state index contributed by atoms with van der Waals surface area (Å²) in [5, 5.41) is 0.797. The average molecular weight is 473 g/mol. The van der Waals surface area contributed by atoms with Crippen LogP contribution in [0.3, 0.4) is 0 Å². The summed E-state index contributed by atoms with van der Waals surface area (Å²) in [5.74, 6) is -0.353. The van der Waals surface area contributed by atoms with E-state index in [1.165, 1.54) is 12.5 Å². The Balaban J connectivity index is 1.31. The minimum Gasteiger partial charge on any atom is -0.366 e. The zero-order valence-corrected chi connectivity index (χ0v) is 19.8. The molecule has 2 aromatic carbocycles. The number of hydrogen-bond donors (Lipinski definition) is 0. The summed E-state index contributed by atoms with van der Waals surface area (Å²) >= 11 is 0. The van der Waals surface area contributed by atoms with E-state index >= 15 is 0 Å². The third-order valence-electron chi connectivity index (χ3n) is 7.77. The fraction of sp³-hybridized carbons (Fsp3) is 0.393. The van der Waals surface area contributed by atoms with Gasteiger partial charge in [0.25, 0.3) is 11.8 Å². The number of nitrogens with zero attached hydrogens (tertiary/aromatic N) is 4. The van der Waals surface area contributed by atoms with Crippen molar-refractivity contribution >= 4 is 28.4 Å². The van der Waals surface area contributed by atoms with Crippen LogP contribution in [0.15, 0.2) is 48.5 Å². The van der Waals surface area contributed by atoms with E-state index in [0.717, 1.165) is 36.6 Å². The highest BCUT2D eigenvalue weighted by Gasteiger charge is 2.39. The number of rotatable bonds is 3. The predicted octanol–water partition coefficient (Wildman–Crippen LogP) is 4.62. The number of hydrogen-bond acceptors (Lipinski definition) is 4. The van der Waals surface area contributed by atoms with Gasteiger partial charge in [-0.3, -0.25) is 9.59 Å². The van der Waals surface area contributed by atoms with Crippen molar-refractivity contribution in [3.05, 3.63) is 71.2 Å². The van der Waals surface area contributed by atoms with Crippen LogP contribution in [-0.2, 0) is 6.54 Å². The van der Waals surface area contributed by atoms with Crippen LogP contribution in [0.1, 0.15) is 58.5 Å². The number of fused-ring (bicyclic) bond motifs is 2. The Morgan fingerprint density at radius 1 is 0.914 bits per heavy atom. The summed E-state index contributed by atoms with van der Waals surface area (Å²) in [6.45, 7) is 2.57. The third kappa shape index (κ3) is 3.83. The Kier molecular flexibility index (Phi) is 5.63. The first-order chi connectivity index (χ1) is 17.1. The first-order valence-corrected chi connectivity index (χ1v) is 12.6. The molecule has 2 amide bonds. The van der Waals surface area contributed by atoms with Gasteiger partial charge in [-0.1, -0.05) is 49.6 Å². The normalized spacial score (nSPS) is 18.9. The number of piperazine rings is 1. The zero-order chi connectivity index (χ0) is 23.9. The van der Waals surface area contributed by atoms with E-state index in [1.807, 2.05) is 45.0 Å². The quantitative estimate of drug-likeness (QED) is 0.558. The molecule has 6 rings (SSSR count). The van der Waals surface area contributed by atoms with Gasteiger partial charge in [0, 0.05) is 49.7 Å². The summed E-state index contributed by atoms with van der Waals surface area (Å²) in [4.78, 5) is 37.9. The molecule has 1 aliphatic carbocycles. The Hall–Kier alpha value is -3.48. The molecule has 0 bridgehead atoms. The summed E-state index contributed by atoms with van der Waals surface area (Å²) in [6, 6.07) is 14.6. The SMILES string of the molecule is O=C(c1c2c(nc3ccccc13)C(=O)N(C1CCCCC1)C2)N1CCN(c2ccccc2F)CC1. The molecule has 1 saturated carbocycles. The van der Waals surface area contributed by atoms with E-state index in [2.05, 4.69) is 0 Å². The average Bonchev–Trinajstić information content (AvgIpc) is 3.23. The number of anilines is 1. The number of para-hydroxylation sites is 2. The highest BCUT2D eigenvalue weighted by atomic mass is 19.1. The van der Waals surface area contributed by atoms with Crippen LogP contribution in [0.2, 0.25) is 0 Å². The highest BCUT2D eigenvalue weighted by Crippen LogP contribution is 2.35. The Labute approximate surface area is 204 Å². The molecule has 6 nitrogen and oxygen atoms in total. The van der Waals surface area contributed by atoms with Crippen molar-refractivity contribution in [2.45, 2.75) is 44.7 Å². The summed E-state index contributed by atoms with van der Waals surface area (Å²) in [6.07, 6.45) is 5.52. The lowest BCUT2D eigenvalue weighted by Gasteiger charge is -2.36. The monoisotopic (exact) mass is 472 g/mol. The molecule has 0 unspecified atom stereocenters. The molecule has 7 heteroatoms. The second-order valence-corrected chi connectivity index (χ2v) is 9.79. The number of carbonyl (C=O) groups is 2. The number of aromatic nitrogens is 1. The molecule has 0 radical (unpaired) electrons. The Morgan fingerprint density at radius 3 is 2.40 bits per heavy atom. The van der Waals surface area contributed by atoms with Gasteiger partial charge < -0.3 is 14.7 Å². The molecular formula is C28H29FN4O2. The largest absolute Gasteiger partial charge is 0.366 e. The Morgan fingerprint density at radius 2 is 1.63 bits per heavy atom. The second-order valence-electron chi connectivity index (χ2n) is 9.79. The highest BCUT2D eigenvalue weighted by molar-refractivity contribution is 6.11. The molecule has 3 aromatic rings. The van der Waals surface area contributed by atoms with Gasteiger partial charge in [-0.25, -0.2) is 9.37 Å². The van der Waals surface area contributed by atoms with Gasteiger partial charge in [-0.05, 0) is 31.0 Å². The third-order valence-corrected chi connectivity index (χ3v) is 7.77. The van der Waals surface area contributed by atoms with Gasteiger partial charge in [0.2, 0.25) is 0 Å². The van der Waals surface area contributed by atoms with Crippen molar-refractivity contribution < 1.29 is 14.0 Å². The van der Waals surface area contributed by atoms with Crippen molar-refractivity contribution in [3.63, 3.8) is 0 Å². The minimum atomic E-state index is -0.244. The molecular weight excluding hydrogens is 443 g/mol. The lowest BCUT2D eigenvalue weighted by molar-refractivity contribution is 0.0652. The lowest BCUT2D eigenvalue weighted by Crippen LogP contribution is -2.49. The number of amides is 2. The second kappa shape index (κ2) is 8.95. The molecule has 1 aromatic heterocycles. The molecule has 2 aliphatic heterocycles. The molecule has 0 spiro atoms. The first-order valence-electron chi connectivity index (χ1n) is 12.6. The van der Waals surface area contributed by atoms with Crippen LogP contribution in [0.5, 0.6) is 0 Å². The van der Waals surface area contributed by atoms with E-state index in [0.29, 0.717) is 55.2 Å². The van der Waals surface area contributed by atoms with Crippen molar-refractivity contribution in [2.75, 3.05) is 31.1 Å². The van der Waals surface area contributed by atoms with Crippen LogP contribution in [0.4, 0.5) is 10.1 Å². The van der Waals surface area contributed by atoms with Gasteiger partial charge in [0.05, 0.1) is 16.8 Å². The topological polar surface area (TPSA) is 56.8 Å². The molecule has 3 heterocycles. The molecule has 35 heavy (non-hydrogen) atoms. The standard InChI is InChI=1S/C28H29FN4O2/c29-22-11-5-7-13-24(22)31-14-16-32(17-15-31)27(34)25-20-10-4-6-12-23(20)30-26-21(25)18-33(28(26)35)19-8-2-1-3-9-19/h4-7,10-13,19H,1-3,8-9,14-18H2. The van der Waals surface area contributed by atoms with E-state index in [9.17, 15) is 14.0 Å². The summed E-state index contributed by atoms with van der Waals surface area (Å²) < 4.78 is 14.3. The fourth-order valence-electron chi connectivity index (χ4n) is 5.91. The summed E-state index contributed by atoms with van der Waals surface area (Å²) in [7, 11) is 0. The first kappa shape index (κ1) is 22.0. The maximum atomic E-state index is 14.3. The number of carbonyl (C=O) groups excluding carboxylic acids is 2. The van der Waals surface area contributed by atoms with Crippen LogP contribution in [0, 0.1) is 5.82 Å². The smallest absolute Gasteiger partial charge is 0.273 e. The van der Waals surface area contributed by atoms with E-state index < -0.39 is 0 Å². The van der Waals surface area contributed by atoms with Crippen molar-refractivity contribution in [1.29, 1.82) is 0 Å². The van der Waals surface area contributed by atoms with Crippen LogP contribution in [0.25, 0.3) is 10.9 Å². The van der Waals surface area contributed by atoms with Crippen molar-refractivity contribution in [2.24, 2.45) is 0 Å². The predicted molar refractivity (Wildman–Crippen MR) is 133 cm³/mol. The van der Waals surface area contributed by atoms with Crippen LogP contribution in [-0.4, -0.2) is 58.8 Å². The zero-order valence-electron chi connectivity index (χ0n) is 19.8. The number of benzene rings is 2. The van der Waals surface area contributed by atoms with Gasteiger partial charge in [-0.15, -0.1) is 0 Å². The molecule has 0 N–H and O–H groups in total. The van der Waals surface area contributed by atoms with Gasteiger partial charge >= 0.3 is 0 Å². The fourth-order valence-corrected chi connectivity index (χ4v) is 5.91. The maximum absolute atomic E-state index is 14.3. The molecule has 0 atom stereocenters. The number of halogens is 1. The molecule has 180 valence electrons. The molecule has 2 fully saturated rings. The molecule has 3 aliphatic rings. The van der Waals surface area contributed by atoms with Crippen molar-refractivity contribution in [1.82, 2.24) is 14.8 Å². The van der Waals surface area contributed by atoms with Crippen LogP contribution < -0.4 is 4.90 Å². The van der Waals surface area contributed by atoms with E-state index in [4.69, 9.17) is 4.98 Å². The van der Waals surface area contributed by atoms with Gasteiger partial charge in [0.15, 0.2) is 0 Å². The summed E-state index contributed by atoms with van der Waals surface area (Å²) in [5.41, 5.74) is 3.06. The number of pyridine rings is 1. The van der Waals surface area contributed by atoms with E-state index in [-0.39, 0.29) is 23.7 Å². The van der Waals surface area contributed by atoms with Crippen molar-refractivity contribution in [3.8, 4) is 0 Å². The van der Waals surface area contributed by atoms with E-state index in [1.54, 1.807) is 12.1 Å². The Bertz CT molecular complexity index is 1300.